The van der Waals surface area contributed by atoms with E-state index < -0.39 is 5.97 Å². The van der Waals surface area contributed by atoms with Crippen molar-refractivity contribution in [1.29, 1.82) is 0 Å². The third-order valence-corrected chi connectivity index (χ3v) is 4.48. The second-order valence-electron chi connectivity index (χ2n) is 6.55. The Hall–Kier alpha value is -3.15. The van der Waals surface area contributed by atoms with Crippen LogP contribution in [0.4, 0.5) is 5.69 Å². The SMILES string of the molecule is CC(=O)Nc1ccc(C(=O)OCC(=O)N[C@H]2CCCc3ccccc32)cc1. The molecule has 1 aliphatic rings. The first-order valence-corrected chi connectivity index (χ1v) is 8.95. The Bertz CT molecular complexity index is 846. The molecule has 0 saturated carbocycles. The number of nitrogens with one attached hydrogen (secondary N) is 2. The zero-order valence-electron chi connectivity index (χ0n) is 15.2. The van der Waals surface area contributed by atoms with Crippen molar-refractivity contribution in [3.8, 4) is 0 Å². The van der Waals surface area contributed by atoms with Gasteiger partial charge < -0.3 is 15.4 Å². The van der Waals surface area contributed by atoms with E-state index in [4.69, 9.17) is 4.74 Å². The lowest BCUT2D eigenvalue weighted by Crippen LogP contribution is -2.34. The van der Waals surface area contributed by atoms with Gasteiger partial charge in [-0.15, -0.1) is 0 Å². The van der Waals surface area contributed by atoms with Gasteiger partial charge in [-0.25, -0.2) is 4.79 Å². The van der Waals surface area contributed by atoms with Gasteiger partial charge in [0, 0.05) is 12.6 Å². The minimum Gasteiger partial charge on any atom is -0.452 e. The molecule has 0 bridgehead atoms. The van der Waals surface area contributed by atoms with E-state index in [9.17, 15) is 14.4 Å². The summed E-state index contributed by atoms with van der Waals surface area (Å²) < 4.78 is 5.10. The summed E-state index contributed by atoms with van der Waals surface area (Å²) in [6.07, 6.45) is 2.91. The summed E-state index contributed by atoms with van der Waals surface area (Å²) >= 11 is 0. The first kappa shape index (κ1) is 18.6. The Kier molecular flexibility index (Phi) is 5.86. The topological polar surface area (TPSA) is 84.5 Å². The molecule has 6 heteroatoms. The molecule has 2 amide bonds. The van der Waals surface area contributed by atoms with Crippen molar-refractivity contribution in [1.82, 2.24) is 5.32 Å². The van der Waals surface area contributed by atoms with Crippen LogP contribution in [0.1, 0.15) is 47.3 Å². The van der Waals surface area contributed by atoms with E-state index in [2.05, 4.69) is 16.7 Å². The number of benzene rings is 2. The van der Waals surface area contributed by atoms with Crippen LogP contribution in [0.3, 0.4) is 0 Å². The highest BCUT2D eigenvalue weighted by Gasteiger charge is 2.21. The standard InChI is InChI=1S/C21H22N2O4/c1-14(24)22-17-11-9-16(10-12-17)21(26)27-13-20(25)23-19-8-4-6-15-5-2-3-7-18(15)19/h2-3,5,7,9-12,19H,4,6,8,13H2,1H3,(H,22,24)(H,23,25)/t19-/m0/s1. The average Bonchev–Trinajstić information content (AvgIpc) is 2.66. The van der Waals surface area contributed by atoms with Crippen LogP contribution in [0.2, 0.25) is 0 Å². The van der Waals surface area contributed by atoms with Crippen LogP contribution >= 0.6 is 0 Å². The molecule has 140 valence electrons. The maximum atomic E-state index is 12.2. The number of hydrogen-bond acceptors (Lipinski definition) is 4. The monoisotopic (exact) mass is 366 g/mol. The lowest BCUT2D eigenvalue weighted by molar-refractivity contribution is -0.125. The Morgan fingerprint density at radius 3 is 2.56 bits per heavy atom. The summed E-state index contributed by atoms with van der Waals surface area (Å²) in [6, 6.07) is 14.3. The molecule has 0 radical (unpaired) electrons. The number of ether oxygens (including phenoxy) is 1. The van der Waals surface area contributed by atoms with E-state index in [1.54, 1.807) is 24.3 Å². The zero-order valence-corrected chi connectivity index (χ0v) is 15.2. The maximum absolute atomic E-state index is 12.2. The minimum absolute atomic E-state index is 0.0434. The number of aryl methyl sites for hydroxylation is 1. The van der Waals surface area contributed by atoms with E-state index in [1.807, 2.05) is 18.2 Å². The fourth-order valence-electron chi connectivity index (χ4n) is 3.25. The van der Waals surface area contributed by atoms with Gasteiger partial charge in [0.1, 0.15) is 0 Å². The Morgan fingerprint density at radius 2 is 1.81 bits per heavy atom. The lowest BCUT2D eigenvalue weighted by Gasteiger charge is -2.26. The first-order chi connectivity index (χ1) is 13.0. The van der Waals surface area contributed by atoms with Crippen LogP contribution < -0.4 is 10.6 Å². The summed E-state index contributed by atoms with van der Waals surface area (Å²) in [4.78, 5) is 35.3. The number of rotatable bonds is 5. The number of carbonyl (C=O) groups excluding carboxylic acids is 3. The van der Waals surface area contributed by atoms with Gasteiger partial charge in [-0.05, 0) is 54.7 Å². The molecule has 0 aromatic heterocycles. The average molecular weight is 366 g/mol. The van der Waals surface area contributed by atoms with Crippen molar-refractivity contribution < 1.29 is 19.1 Å². The fourth-order valence-corrected chi connectivity index (χ4v) is 3.25. The van der Waals surface area contributed by atoms with E-state index >= 15 is 0 Å². The van der Waals surface area contributed by atoms with Crippen LogP contribution in [0.25, 0.3) is 0 Å². The zero-order chi connectivity index (χ0) is 19.2. The van der Waals surface area contributed by atoms with E-state index in [1.165, 1.54) is 12.5 Å². The van der Waals surface area contributed by atoms with Crippen molar-refractivity contribution in [3.05, 3.63) is 65.2 Å². The van der Waals surface area contributed by atoms with Gasteiger partial charge in [-0.3, -0.25) is 9.59 Å². The van der Waals surface area contributed by atoms with Gasteiger partial charge in [-0.2, -0.15) is 0 Å². The van der Waals surface area contributed by atoms with E-state index in [0.29, 0.717) is 11.3 Å². The quantitative estimate of drug-likeness (QED) is 0.797. The van der Waals surface area contributed by atoms with Crippen LogP contribution in [-0.2, 0) is 20.7 Å². The van der Waals surface area contributed by atoms with Gasteiger partial charge in [0.25, 0.3) is 5.91 Å². The largest absolute Gasteiger partial charge is 0.452 e. The Labute approximate surface area is 157 Å². The molecule has 2 aromatic rings. The molecular formula is C21H22N2O4. The summed E-state index contributed by atoms with van der Waals surface area (Å²) in [5, 5.41) is 5.57. The van der Waals surface area contributed by atoms with Crippen molar-refractivity contribution >= 4 is 23.5 Å². The molecule has 0 aliphatic heterocycles. The molecule has 0 saturated heterocycles. The van der Waals surface area contributed by atoms with Gasteiger partial charge in [0.15, 0.2) is 6.61 Å². The number of fused-ring (bicyclic) bond motifs is 1. The number of amides is 2. The molecule has 2 N–H and O–H groups in total. The Morgan fingerprint density at radius 1 is 1.07 bits per heavy atom. The molecule has 0 heterocycles. The highest BCUT2D eigenvalue weighted by Crippen LogP contribution is 2.29. The van der Waals surface area contributed by atoms with Crippen LogP contribution in [0, 0.1) is 0 Å². The molecule has 2 aromatic carbocycles. The van der Waals surface area contributed by atoms with Crippen molar-refractivity contribution in [2.45, 2.75) is 32.2 Å². The normalized spacial score (nSPS) is 15.4. The molecule has 0 spiro atoms. The predicted molar refractivity (Wildman–Crippen MR) is 101 cm³/mol. The molecular weight excluding hydrogens is 344 g/mol. The maximum Gasteiger partial charge on any atom is 0.338 e. The third kappa shape index (κ3) is 4.94. The van der Waals surface area contributed by atoms with E-state index in [-0.39, 0.29) is 24.5 Å². The van der Waals surface area contributed by atoms with Gasteiger partial charge in [0.05, 0.1) is 11.6 Å². The van der Waals surface area contributed by atoms with Crippen molar-refractivity contribution in [2.75, 3.05) is 11.9 Å². The molecule has 3 rings (SSSR count). The number of carbonyl (C=O) groups is 3. The first-order valence-electron chi connectivity index (χ1n) is 8.95. The van der Waals surface area contributed by atoms with Crippen LogP contribution in [-0.4, -0.2) is 24.4 Å². The predicted octanol–water partition coefficient (Wildman–Crippen LogP) is 3.00. The summed E-state index contributed by atoms with van der Waals surface area (Å²) in [5.41, 5.74) is 3.30. The number of anilines is 1. The van der Waals surface area contributed by atoms with Gasteiger partial charge in [-0.1, -0.05) is 24.3 Å². The highest BCUT2D eigenvalue weighted by molar-refractivity contribution is 5.93. The smallest absolute Gasteiger partial charge is 0.338 e. The molecule has 0 unspecified atom stereocenters. The lowest BCUT2D eigenvalue weighted by atomic mass is 9.88. The molecule has 6 nitrogen and oxygen atoms in total. The second kappa shape index (κ2) is 8.49. The van der Waals surface area contributed by atoms with Crippen LogP contribution in [0.5, 0.6) is 0 Å². The molecule has 1 aliphatic carbocycles. The van der Waals surface area contributed by atoms with Crippen molar-refractivity contribution in [2.24, 2.45) is 0 Å². The summed E-state index contributed by atoms with van der Waals surface area (Å²) in [6.45, 7) is 1.08. The fraction of sp³-hybridized carbons (Fsp3) is 0.286. The molecule has 1 atom stereocenters. The molecule has 27 heavy (non-hydrogen) atoms. The molecule has 0 fully saturated rings. The van der Waals surface area contributed by atoms with Gasteiger partial charge >= 0.3 is 5.97 Å². The highest BCUT2D eigenvalue weighted by atomic mass is 16.5. The van der Waals surface area contributed by atoms with E-state index in [0.717, 1.165) is 24.8 Å². The van der Waals surface area contributed by atoms with Gasteiger partial charge in [0.2, 0.25) is 5.91 Å². The van der Waals surface area contributed by atoms with Crippen LogP contribution in [0.15, 0.2) is 48.5 Å². The third-order valence-electron chi connectivity index (χ3n) is 4.48. The summed E-state index contributed by atoms with van der Waals surface area (Å²) in [7, 11) is 0. The number of hydrogen-bond donors (Lipinski definition) is 2. The Balaban J connectivity index is 1.52. The summed E-state index contributed by atoms with van der Waals surface area (Å²) in [5.74, 6) is -1.09. The number of esters is 1. The van der Waals surface area contributed by atoms with Crippen molar-refractivity contribution in [3.63, 3.8) is 0 Å². The minimum atomic E-state index is -0.580. The second-order valence-corrected chi connectivity index (χ2v) is 6.55.